The molecule has 1 unspecified atom stereocenters. The van der Waals surface area contributed by atoms with Crippen molar-refractivity contribution < 1.29 is 9.53 Å². The second kappa shape index (κ2) is 5.70. The van der Waals surface area contributed by atoms with Gasteiger partial charge in [0, 0.05) is 37.6 Å². The molecule has 1 atom stereocenters. The van der Waals surface area contributed by atoms with Crippen molar-refractivity contribution in [3.63, 3.8) is 0 Å². The van der Waals surface area contributed by atoms with Crippen LogP contribution in [0.1, 0.15) is 24.8 Å². The Morgan fingerprint density at radius 2 is 2.04 bits per heavy atom. The summed E-state index contributed by atoms with van der Waals surface area (Å²) >= 11 is 0. The van der Waals surface area contributed by atoms with Crippen LogP contribution in [0.5, 0.6) is 5.75 Å². The number of amides is 1. The number of ether oxygens (including phenoxy) is 1. The molecule has 0 bridgehead atoms. The van der Waals surface area contributed by atoms with Crippen LogP contribution in [0.15, 0.2) is 39.8 Å². The average molecular weight is 364 g/mol. The fourth-order valence-electron chi connectivity index (χ4n) is 3.83. The van der Waals surface area contributed by atoms with Crippen molar-refractivity contribution >= 4 is 28.7 Å². The average Bonchev–Trinajstić information content (AvgIpc) is 3.21. The fourth-order valence-corrected chi connectivity index (χ4v) is 3.83. The Bertz CT molecular complexity index is 1110. The summed E-state index contributed by atoms with van der Waals surface area (Å²) in [4.78, 5) is 33.4. The van der Waals surface area contributed by atoms with Gasteiger partial charge in [0.15, 0.2) is 11.8 Å². The number of allylic oxidation sites excluding steroid dienone is 1. The van der Waals surface area contributed by atoms with E-state index in [1.807, 2.05) is 24.4 Å². The number of likely N-dealkylation sites (N-methyl/N-ethyl adjacent to an activating group) is 1. The predicted molar refractivity (Wildman–Crippen MR) is 103 cm³/mol. The van der Waals surface area contributed by atoms with Crippen LogP contribution in [-0.4, -0.2) is 45.8 Å². The highest BCUT2D eigenvalue weighted by Crippen LogP contribution is 2.42. The Balaban J connectivity index is 1.73. The number of nitrogens with one attached hydrogen (secondary N) is 1. The number of carbonyl (C=O) groups excluding carboxylic acids is 1. The lowest BCUT2D eigenvalue weighted by Crippen LogP contribution is -2.36. The SMILES string of the molecule is CN1C=C(c2ccc3c([nH]c(=O)n3C)c2OC2CCC2)C2=CC=NC2C1=O. The van der Waals surface area contributed by atoms with Gasteiger partial charge in [0.2, 0.25) is 0 Å². The van der Waals surface area contributed by atoms with Crippen molar-refractivity contribution in [2.24, 2.45) is 12.0 Å². The van der Waals surface area contributed by atoms with Crippen molar-refractivity contribution in [1.29, 1.82) is 0 Å². The van der Waals surface area contributed by atoms with Crippen molar-refractivity contribution in [2.45, 2.75) is 31.4 Å². The zero-order valence-corrected chi connectivity index (χ0v) is 15.2. The van der Waals surface area contributed by atoms with E-state index < -0.39 is 6.04 Å². The summed E-state index contributed by atoms with van der Waals surface area (Å²) in [5, 5.41) is 0. The van der Waals surface area contributed by atoms with E-state index in [0.717, 1.165) is 41.5 Å². The molecule has 5 rings (SSSR count). The number of hydrogen-bond acceptors (Lipinski definition) is 4. The smallest absolute Gasteiger partial charge is 0.326 e. The molecular weight excluding hydrogens is 344 g/mol. The Morgan fingerprint density at radius 1 is 1.22 bits per heavy atom. The van der Waals surface area contributed by atoms with Gasteiger partial charge in [0.25, 0.3) is 5.91 Å². The zero-order chi connectivity index (χ0) is 18.7. The number of fused-ring (bicyclic) bond motifs is 2. The molecule has 27 heavy (non-hydrogen) atoms. The van der Waals surface area contributed by atoms with Crippen LogP contribution in [0.3, 0.4) is 0 Å². The Labute approximate surface area is 155 Å². The molecule has 1 fully saturated rings. The number of hydrogen-bond donors (Lipinski definition) is 1. The number of rotatable bonds is 3. The third-order valence-corrected chi connectivity index (χ3v) is 5.66. The highest BCUT2D eigenvalue weighted by Gasteiger charge is 2.35. The molecular formula is C20H20N4O3. The van der Waals surface area contributed by atoms with Crippen LogP contribution in [0.4, 0.5) is 0 Å². The number of nitrogens with zero attached hydrogens (tertiary/aromatic N) is 3. The summed E-state index contributed by atoms with van der Waals surface area (Å²) in [6.07, 6.45) is 8.73. The van der Waals surface area contributed by atoms with E-state index in [2.05, 4.69) is 9.98 Å². The molecule has 3 heterocycles. The second-order valence-electron chi connectivity index (χ2n) is 7.31. The minimum absolute atomic E-state index is 0.0468. The van der Waals surface area contributed by atoms with Gasteiger partial charge in [-0.15, -0.1) is 0 Å². The first-order valence-corrected chi connectivity index (χ1v) is 9.15. The molecule has 1 amide bonds. The van der Waals surface area contributed by atoms with Crippen LogP contribution in [0.2, 0.25) is 0 Å². The Morgan fingerprint density at radius 3 is 2.78 bits per heavy atom. The molecule has 1 aromatic heterocycles. The van der Waals surface area contributed by atoms with E-state index in [0.29, 0.717) is 11.3 Å². The van der Waals surface area contributed by atoms with Gasteiger partial charge in [-0.2, -0.15) is 0 Å². The molecule has 1 aliphatic carbocycles. The highest BCUT2D eigenvalue weighted by molar-refractivity contribution is 6.05. The van der Waals surface area contributed by atoms with Gasteiger partial charge >= 0.3 is 5.69 Å². The molecule has 0 radical (unpaired) electrons. The van der Waals surface area contributed by atoms with Crippen molar-refractivity contribution in [1.82, 2.24) is 14.5 Å². The van der Waals surface area contributed by atoms with E-state index >= 15 is 0 Å². The van der Waals surface area contributed by atoms with E-state index in [4.69, 9.17) is 4.74 Å². The fraction of sp³-hybridized carbons (Fsp3) is 0.350. The second-order valence-corrected chi connectivity index (χ2v) is 7.31. The summed E-state index contributed by atoms with van der Waals surface area (Å²) in [6.45, 7) is 0. The van der Waals surface area contributed by atoms with E-state index in [-0.39, 0.29) is 17.7 Å². The van der Waals surface area contributed by atoms with Crippen LogP contribution in [0, 0.1) is 0 Å². The molecule has 2 aliphatic heterocycles. The molecule has 3 aliphatic rings. The number of benzene rings is 1. The first kappa shape index (κ1) is 16.1. The number of aromatic nitrogens is 2. The molecule has 1 aromatic carbocycles. The van der Waals surface area contributed by atoms with Crippen LogP contribution in [0.25, 0.3) is 16.6 Å². The first-order chi connectivity index (χ1) is 13.0. The largest absolute Gasteiger partial charge is 0.488 e. The lowest BCUT2D eigenvalue weighted by atomic mass is 9.89. The number of aliphatic imine (C=N–C) groups is 1. The minimum Gasteiger partial charge on any atom is -0.488 e. The monoisotopic (exact) mass is 364 g/mol. The minimum atomic E-state index is -0.503. The lowest BCUT2D eigenvalue weighted by molar-refractivity contribution is -0.128. The predicted octanol–water partition coefficient (Wildman–Crippen LogP) is 1.99. The van der Waals surface area contributed by atoms with E-state index in [1.54, 1.807) is 29.8 Å². The third-order valence-electron chi connectivity index (χ3n) is 5.66. The van der Waals surface area contributed by atoms with Gasteiger partial charge in [0.1, 0.15) is 5.52 Å². The van der Waals surface area contributed by atoms with Crippen LogP contribution >= 0.6 is 0 Å². The van der Waals surface area contributed by atoms with Crippen molar-refractivity contribution in [3.05, 3.63) is 46.0 Å². The van der Waals surface area contributed by atoms with E-state index in [9.17, 15) is 9.59 Å². The number of imidazole rings is 1. The van der Waals surface area contributed by atoms with Crippen LogP contribution < -0.4 is 10.4 Å². The van der Waals surface area contributed by atoms with Crippen molar-refractivity contribution in [2.75, 3.05) is 7.05 Å². The maximum atomic E-state index is 12.4. The summed E-state index contributed by atoms with van der Waals surface area (Å²) in [5.74, 6) is 0.629. The number of carbonyl (C=O) groups is 1. The first-order valence-electron chi connectivity index (χ1n) is 9.15. The normalized spacial score (nSPS) is 21.9. The van der Waals surface area contributed by atoms with Gasteiger partial charge in [0.05, 0.1) is 11.6 Å². The van der Waals surface area contributed by atoms with Gasteiger partial charge in [-0.05, 0) is 43.0 Å². The summed E-state index contributed by atoms with van der Waals surface area (Å²) < 4.78 is 7.91. The molecule has 1 N–H and O–H groups in total. The number of aryl methyl sites for hydroxylation is 1. The van der Waals surface area contributed by atoms with Crippen molar-refractivity contribution in [3.8, 4) is 5.75 Å². The van der Waals surface area contributed by atoms with Gasteiger partial charge in [-0.3, -0.25) is 14.4 Å². The molecule has 2 aromatic rings. The lowest BCUT2D eigenvalue weighted by Gasteiger charge is -2.30. The molecule has 1 saturated carbocycles. The standard InChI is InChI=1S/C20H20N4O3/c1-23-10-14(12-8-9-21-16(12)19(23)25)13-6-7-15-17(22-20(26)24(15)2)18(13)27-11-4-3-5-11/h6-11,16H,3-5H2,1-2H3,(H,22,26). The molecule has 0 saturated heterocycles. The Hall–Kier alpha value is -3.09. The number of aromatic amines is 1. The van der Waals surface area contributed by atoms with Gasteiger partial charge in [-0.1, -0.05) is 0 Å². The third kappa shape index (κ3) is 2.31. The quantitative estimate of drug-likeness (QED) is 0.905. The summed E-state index contributed by atoms with van der Waals surface area (Å²) in [6, 6.07) is 3.38. The van der Waals surface area contributed by atoms with E-state index in [1.165, 1.54) is 0 Å². The van der Waals surface area contributed by atoms with Gasteiger partial charge in [-0.25, -0.2) is 4.79 Å². The molecule has 0 spiro atoms. The topological polar surface area (TPSA) is 79.7 Å². The molecule has 7 nitrogen and oxygen atoms in total. The number of H-pyrrole nitrogens is 1. The summed E-state index contributed by atoms with van der Waals surface area (Å²) in [5.41, 5.74) is 3.97. The zero-order valence-electron chi connectivity index (χ0n) is 15.2. The maximum Gasteiger partial charge on any atom is 0.326 e. The highest BCUT2D eigenvalue weighted by atomic mass is 16.5. The maximum absolute atomic E-state index is 12.4. The van der Waals surface area contributed by atoms with Crippen LogP contribution in [-0.2, 0) is 11.8 Å². The molecule has 138 valence electrons. The summed E-state index contributed by atoms with van der Waals surface area (Å²) in [7, 11) is 3.48. The van der Waals surface area contributed by atoms with Gasteiger partial charge < -0.3 is 14.6 Å². The molecule has 7 heteroatoms. The Kier molecular flexibility index (Phi) is 3.40.